The third kappa shape index (κ3) is 3.16. The summed E-state index contributed by atoms with van der Waals surface area (Å²) in [5, 5.41) is 4.64. The van der Waals surface area contributed by atoms with Gasteiger partial charge in [-0.3, -0.25) is 4.68 Å². The fourth-order valence-electron chi connectivity index (χ4n) is 3.21. The van der Waals surface area contributed by atoms with Crippen molar-refractivity contribution < 1.29 is 17.6 Å². The number of hydrogen-bond donors (Lipinski definition) is 1. The molecule has 8 heteroatoms. The van der Waals surface area contributed by atoms with E-state index in [1.807, 2.05) is 0 Å². The predicted molar refractivity (Wildman–Crippen MR) is 101 cm³/mol. The Balaban J connectivity index is 1.83. The van der Waals surface area contributed by atoms with Gasteiger partial charge in [-0.05, 0) is 43.3 Å². The summed E-state index contributed by atoms with van der Waals surface area (Å²) >= 11 is 6.13. The Morgan fingerprint density at radius 2 is 1.89 bits per heavy atom. The van der Waals surface area contributed by atoms with Gasteiger partial charge in [0.05, 0.1) is 22.0 Å². The van der Waals surface area contributed by atoms with Crippen molar-refractivity contribution in [2.24, 2.45) is 0 Å². The summed E-state index contributed by atoms with van der Waals surface area (Å²) in [5.41, 5.74) is 1.48. The van der Waals surface area contributed by atoms with Crippen molar-refractivity contribution >= 4 is 22.5 Å². The molecule has 0 spiro atoms. The number of fused-ring (bicyclic) bond motifs is 1. The number of H-pyrrole nitrogens is 1. The van der Waals surface area contributed by atoms with E-state index in [1.165, 1.54) is 16.8 Å². The number of aromatic nitrogens is 3. The lowest BCUT2D eigenvalue weighted by atomic mass is 10.1. The average molecular weight is 408 g/mol. The van der Waals surface area contributed by atoms with Crippen molar-refractivity contribution in [1.29, 1.82) is 0 Å². The van der Waals surface area contributed by atoms with E-state index in [0.717, 1.165) is 17.0 Å². The first-order valence-electron chi connectivity index (χ1n) is 8.50. The summed E-state index contributed by atoms with van der Waals surface area (Å²) in [6, 6.07) is 12.4. The Kier molecular flexibility index (Phi) is 4.42. The number of aryl methyl sites for hydroxylation is 1. The average Bonchev–Trinajstić information content (AvgIpc) is 3.24. The van der Waals surface area contributed by atoms with E-state index < -0.39 is 17.7 Å². The largest absolute Gasteiger partial charge is 0.435 e. The van der Waals surface area contributed by atoms with Gasteiger partial charge in [0, 0.05) is 23.0 Å². The van der Waals surface area contributed by atoms with E-state index in [2.05, 4.69) is 10.1 Å². The van der Waals surface area contributed by atoms with Gasteiger partial charge in [-0.1, -0.05) is 23.7 Å². The van der Waals surface area contributed by atoms with Crippen molar-refractivity contribution in [3.8, 4) is 22.5 Å². The molecule has 0 fully saturated rings. The fraction of sp³-hybridized carbons (Fsp3) is 0.150. The number of nitrogens with zero attached hydrogens (tertiary/aromatic N) is 2. The molecule has 2 heterocycles. The normalized spacial score (nSPS) is 12.1. The van der Waals surface area contributed by atoms with Crippen LogP contribution in [0.2, 0.25) is 5.02 Å². The second-order valence-corrected chi connectivity index (χ2v) is 6.72. The van der Waals surface area contributed by atoms with Gasteiger partial charge in [-0.25, -0.2) is 4.39 Å². The van der Waals surface area contributed by atoms with Crippen LogP contribution in [0, 0.1) is 5.82 Å². The molecule has 3 nitrogen and oxygen atoms in total. The molecular formula is C20H14ClF4N3. The Labute approximate surface area is 162 Å². The number of halogens is 5. The number of benzene rings is 2. The van der Waals surface area contributed by atoms with Crippen LogP contribution in [0.5, 0.6) is 0 Å². The number of nitrogens with one attached hydrogen (secondary N) is 1. The highest BCUT2D eigenvalue weighted by Gasteiger charge is 2.35. The monoisotopic (exact) mass is 407 g/mol. The SMILES string of the molecule is CCn1nc(C(F)(F)F)cc1-c1ccc2[nH]c(-c3c(F)cccc3Cl)cc2c1. The lowest BCUT2D eigenvalue weighted by Gasteiger charge is -2.04. The first kappa shape index (κ1) is 18.6. The minimum absolute atomic E-state index is 0.250. The molecule has 0 bridgehead atoms. The molecule has 1 N–H and O–H groups in total. The van der Waals surface area contributed by atoms with Crippen LogP contribution in [0.1, 0.15) is 12.6 Å². The van der Waals surface area contributed by atoms with Crippen LogP contribution in [-0.4, -0.2) is 14.8 Å². The molecule has 2 aromatic carbocycles. The summed E-state index contributed by atoms with van der Waals surface area (Å²) in [6.45, 7) is 2.02. The molecule has 0 atom stereocenters. The number of rotatable bonds is 3. The van der Waals surface area contributed by atoms with E-state index in [9.17, 15) is 17.6 Å². The highest BCUT2D eigenvalue weighted by molar-refractivity contribution is 6.33. The zero-order valence-corrected chi connectivity index (χ0v) is 15.4. The molecular weight excluding hydrogens is 394 g/mol. The Bertz CT molecular complexity index is 1150. The molecule has 0 aliphatic heterocycles. The van der Waals surface area contributed by atoms with Crippen LogP contribution in [0.25, 0.3) is 33.4 Å². The molecule has 4 rings (SSSR count). The van der Waals surface area contributed by atoms with Crippen LogP contribution in [-0.2, 0) is 12.7 Å². The molecule has 0 unspecified atom stereocenters. The molecule has 2 aromatic heterocycles. The summed E-state index contributed by atoms with van der Waals surface area (Å²) in [6.07, 6.45) is -4.51. The zero-order valence-electron chi connectivity index (χ0n) is 14.6. The van der Waals surface area contributed by atoms with E-state index in [0.29, 0.717) is 23.5 Å². The van der Waals surface area contributed by atoms with Crippen molar-refractivity contribution in [1.82, 2.24) is 14.8 Å². The Morgan fingerprint density at radius 1 is 1.11 bits per heavy atom. The standard InChI is InChI=1S/C20H14ClF4N3/c1-2-28-17(10-18(27-28)20(23,24)25)11-6-7-15-12(8-11)9-16(26-15)19-13(21)4-3-5-14(19)22/h3-10,26H,2H2,1H3. The van der Waals surface area contributed by atoms with Crippen LogP contribution in [0.4, 0.5) is 17.6 Å². The van der Waals surface area contributed by atoms with Gasteiger partial charge in [0.2, 0.25) is 0 Å². The first-order valence-corrected chi connectivity index (χ1v) is 8.88. The Morgan fingerprint density at radius 3 is 2.57 bits per heavy atom. The van der Waals surface area contributed by atoms with Crippen LogP contribution in [0.3, 0.4) is 0 Å². The fourth-order valence-corrected chi connectivity index (χ4v) is 3.48. The van der Waals surface area contributed by atoms with Crippen LogP contribution in [0.15, 0.2) is 48.5 Å². The number of aromatic amines is 1. The maximum absolute atomic E-state index is 14.2. The van der Waals surface area contributed by atoms with E-state index in [1.54, 1.807) is 37.3 Å². The third-order valence-electron chi connectivity index (χ3n) is 4.52. The van der Waals surface area contributed by atoms with Crippen LogP contribution >= 0.6 is 11.6 Å². The predicted octanol–water partition coefficient (Wildman–Crippen LogP) is 6.53. The van der Waals surface area contributed by atoms with E-state index in [4.69, 9.17) is 11.6 Å². The maximum atomic E-state index is 14.2. The molecule has 0 aliphatic rings. The molecule has 0 radical (unpaired) electrons. The third-order valence-corrected chi connectivity index (χ3v) is 4.83. The quantitative estimate of drug-likeness (QED) is 0.385. The molecule has 0 saturated heterocycles. The van der Waals surface area contributed by atoms with Gasteiger partial charge < -0.3 is 4.98 Å². The van der Waals surface area contributed by atoms with Crippen molar-refractivity contribution in [3.63, 3.8) is 0 Å². The minimum Gasteiger partial charge on any atom is -0.354 e. The van der Waals surface area contributed by atoms with Gasteiger partial charge in [-0.15, -0.1) is 0 Å². The lowest BCUT2D eigenvalue weighted by molar-refractivity contribution is -0.141. The maximum Gasteiger partial charge on any atom is 0.435 e. The summed E-state index contributed by atoms with van der Waals surface area (Å²) in [4.78, 5) is 3.10. The van der Waals surface area contributed by atoms with Crippen molar-refractivity contribution in [2.75, 3.05) is 0 Å². The highest BCUT2D eigenvalue weighted by atomic mass is 35.5. The van der Waals surface area contributed by atoms with Gasteiger partial charge in [0.25, 0.3) is 0 Å². The van der Waals surface area contributed by atoms with Gasteiger partial charge in [0.1, 0.15) is 5.82 Å². The van der Waals surface area contributed by atoms with Crippen molar-refractivity contribution in [2.45, 2.75) is 19.6 Å². The second kappa shape index (κ2) is 6.67. The van der Waals surface area contributed by atoms with Gasteiger partial charge in [-0.2, -0.15) is 18.3 Å². The van der Waals surface area contributed by atoms with Crippen molar-refractivity contribution in [3.05, 3.63) is 65.1 Å². The smallest absolute Gasteiger partial charge is 0.354 e. The highest BCUT2D eigenvalue weighted by Crippen LogP contribution is 2.35. The number of alkyl halides is 3. The lowest BCUT2D eigenvalue weighted by Crippen LogP contribution is -2.07. The Hall–Kier alpha value is -2.80. The molecule has 28 heavy (non-hydrogen) atoms. The van der Waals surface area contributed by atoms with E-state index >= 15 is 0 Å². The molecule has 4 aromatic rings. The van der Waals surface area contributed by atoms with E-state index in [-0.39, 0.29) is 10.6 Å². The van der Waals surface area contributed by atoms with Gasteiger partial charge >= 0.3 is 6.18 Å². The number of hydrogen-bond acceptors (Lipinski definition) is 1. The summed E-state index contributed by atoms with van der Waals surface area (Å²) in [7, 11) is 0. The minimum atomic E-state index is -4.51. The second-order valence-electron chi connectivity index (χ2n) is 6.31. The topological polar surface area (TPSA) is 33.6 Å². The summed E-state index contributed by atoms with van der Waals surface area (Å²) < 4.78 is 54.6. The molecule has 144 valence electrons. The zero-order chi connectivity index (χ0) is 20.1. The first-order chi connectivity index (χ1) is 13.3. The molecule has 0 saturated carbocycles. The molecule has 0 aliphatic carbocycles. The molecule has 0 amide bonds. The van der Waals surface area contributed by atoms with Gasteiger partial charge in [0.15, 0.2) is 5.69 Å². The summed E-state index contributed by atoms with van der Waals surface area (Å²) in [5.74, 6) is -0.460. The van der Waals surface area contributed by atoms with Crippen LogP contribution < -0.4 is 0 Å².